The van der Waals surface area contributed by atoms with Crippen LogP contribution in [0.25, 0.3) is 6.08 Å². The Labute approximate surface area is 110 Å². The third-order valence-corrected chi connectivity index (χ3v) is 2.85. The fourth-order valence-corrected chi connectivity index (χ4v) is 1.93. The molecule has 2 heteroatoms. The predicted octanol–water partition coefficient (Wildman–Crippen LogP) is 4.57. The Kier molecular flexibility index (Phi) is 4.39. The SMILES string of the molecule is Brc1cccc(NCC=Cc2ccccc2)c1. The van der Waals surface area contributed by atoms with Crippen molar-refractivity contribution < 1.29 is 0 Å². The molecule has 0 saturated heterocycles. The first-order valence-electron chi connectivity index (χ1n) is 5.55. The fourth-order valence-electron chi connectivity index (χ4n) is 1.53. The highest BCUT2D eigenvalue weighted by Crippen LogP contribution is 2.15. The van der Waals surface area contributed by atoms with Crippen molar-refractivity contribution in [2.24, 2.45) is 0 Å². The van der Waals surface area contributed by atoms with E-state index in [4.69, 9.17) is 0 Å². The topological polar surface area (TPSA) is 12.0 Å². The van der Waals surface area contributed by atoms with Gasteiger partial charge in [0.05, 0.1) is 0 Å². The first-order valence-corrected chi connectivity index (χ1v) is 6.35. The van der Waals surface area contributed by atoms with E-state index in [9.17, 15) is 0 Å². The predicted molar refractivity (Wildman–Crippen MR) is 78.1 cm³/mol. The molecule has 0 bridgehead atoms. The molecule has 17 heavy (non-hydrogen) atoms. The van der Waals surface area contributed by atoms with Crippen LogP contribution in [0, 0.1) is 0 Å². The Morgan fingerprint density at radius 3 is 2.59 bits per heavy atom. The summed E-state index contributed by atoms with van der Waals surface area (Å²) in [5, 5.41) is 3.34. The summed E-state index contributed by atoms with van der Waals surface area (Å²) in [6.07, 6.45) is 4.24. The minimum absolute atomic E-state index is 0.825. The summed E-state index contributed by atoms with van der Waals surface area (Å²) < 4.78 is 1.09. The number of halogens is 1. The first-order chi connectivity index (χ1) is 8.34. The molecule has 0 aliphatic rings. The summed E-state index contributed by atoms with van der Waals surface area (Å²) in [6, 6.07) is 18.5. The standard InChI is InChI=1S/C15H14BrN/c16-14-9-4-10-15(12-14)17-11-5-8-13-6-2-1-3-7-13/h1-10,12,17H,11H2. The van der Waals surface area contributed by atoms with Gasteiger partial charge in [0.25, 0.3) is 0 Å². The molecule has 2 aromatic carbocycles. The molecule has 0 aliphatic carbocycles. The lowest BCUT2D eigenvalue weighted by Crippen LogP contribution is -1.97. The van der Waals surface area contributed by atoms with E-state index in [1.807, 2.05) is 30.3 Å². The summed E-state index contributed by atoms with van der Waals surface area (Å²) in [5.74, 6) is 0. The number of hydrogen-bond acceptors (Lipinski definition) is 1. The highest BCUT2D eigenvalue weighted by Gasteiger charge is 1.90. The molecule has 1 nitrogen and oxygen atoms in total. The molecule has 0 heterocycles. The van der Waals surface area contributed by atoms with Gasteiger partial charge in [0, 0.05) is 16.7 Å². The van der Waals surface area contributed by atoms with Gasteiger partial charge < -0.3 is 5.32 Å². The Morgan fingerprint density at radius 1 is 1.00 bits per heavy atom. The van der Waals surface area contributed by atoms with Crippen LogP contribution in [0.5, 0.6) is 0 Å². The first kappa shape index (κ1) is 11.9. The van der Waals surface area contributed by atoms with Crippen LogP contribution in [-0.2, 0) is 0 Å². The molecule has 86 valence electrons. The molecule has 0 amide bonds. The zero-order valence-corrected chi connectivity index (χ0v) is 11.0. The Balaban J connectivity index is 1.86. The van der Waals surface area contributed by atoms with Crippen molar-refractivity contribution in [2.75, 3.05) is 11.9 Å². The van der Waals surface area contributed by atoms with Crippen LogP contribution in [0.2, 0.25) is 0 Å². The average Bonchev–Trinajstić information content (AvgIpc) is 2.36. The molecular weight excluding hydrogens is 274 g/mol. The third-order valence-electron chi connectivity index (χ3n) is 2.36. The van der Waals surface area contributed by atoms with Crippen molar-refractivity contribution in [3.05, 3.63) is 70.7 Å². The van der Waals surface area contributed by atoms with E-state index < -0.39 is 0 Å². The van der Waals surface area contributed by atoms with E-state index in [2.05, 4.69) is 57.7 Å². The largest absolute Gasteiger partial charge is 0.382 e. The second-order valence-corrected chi connectivity index (χ2v) is 4.62. The lowest BCUT2D eigenvalue weighted by Gasteiger charge is -2.03. The zero-order chi connectivity index (χ0) is 11.9. The second kappa shape index (κ2) is 6.26. The monoisotopic (exact) mass is 287 g/mol. The van der Waals surface area contributed by atoms with Gasteiger partial charge in [0.2, 0.25) is 0 Å². The number of nitrogens with one attached hydrogen (secondary N) is 1. The lowest BCUT2D eigenvalue weighted by molar-refractivity contribution is 1.34. The molecule has 2 aromatic rings. The summed E-state index contributed by atoms with van der Waals surface area (Å²) in [4.78, 5) is 0. The van der Waals surface area contributed by atoms with Crippen molar-refractivity contribution >= 4 is 27.7 Å². The fraction of sp³-hybridized carbons (Fsp3) is 0.0667. The smallest absolute Gasteiger partial charge is 0.0353 e. The molecule has 0 aliphatic heterocycles. The molecular formula is C15H14BrN. The number of anilines is 1. The van der Waals surface area contributed by atoms with Gasteiger partial charge in [-0.1, -0.05) is 64.5 Å². The summed E-state index contributed by atoms with van der Waals surface area (Å²) >= 11 is 3.45. The van der Waals surface area contributed by atoms with Crippen LogP contribution in [0.15, 0.2) is 65.1 Å². The van der Waals surface area contributed by atoms with Crippen LogP contribution >= 0.6 is 15.9 Å². The maximum Gasteiger partial charge on any atom is 0.0353 e. The number of rotatable bonds is 4. The van der Waals surface area contributed by atoms with Gasteiger partial charge >= 0.3 is 0 Å². The van der Waals surface area contributed by atoms with Crippen LogP contribution in [-0.4, -0.2) is 6.54 Å². The number of benzene rings is 2. The Bertz CT molecular complexity index is 491. The summed E-state index contributed by atoms with van der Waals surface area (Å²) in [6.45, 7) is 0.825. The number of hydrogen-bond donors (Lipinski definition) is 1. The quantitative estimate of drug-likeness (QED) is 0.868. The van der Waals surface area contributed by atoms with Gasteiger partial charge in [0.1, 0.15) is 0 Å². The molecule has 1 N–H and O–H groups in total. The van der Waals surface area contributed by atoms with Crippen molar-refractivity contribution in [1.82, 2.24) is 0 Å². The van der Waals surface area contributed by atoms with Gasteiger partial charge in [-0.25, -0.2) is 0 Å². The highest BCUT2D eigenvalue weighted by atomic mass is 79.9. The van der Waals surface area contributed by atoms with Crippen LogP contribution in [0.1, 0.15) is 5.56 Å². The van der Waals surface area contributed by atoms with Crippen molar-refractivity contribution in [3.8, 4) is 0 Å². The minimum atomic E-state index is 0.825. The van der Waals surface area contributed by atoms with Gasteiger partial charge in [0.15, 0.2) is 0 Å². The van der Waals surface area contributed by atoms with Gasteiger partial charge in [-0.3, -0.25) is 0 Å². The molecule has 0 saturated carbocycles. The zero-order valence-electron chi connectivity index (χ0n) is 9.44. The Morgan fingerprint density at radius 2 is 1.82 bits per heavy atom. The summed E-state index contributed by atoms with van der Waals surface area (Å²) in [7, 11) is 0. The maximum absolute atomic E-state index is 3.45. The maximum atomic E-state index is 3.45. The van der Waals surface area contributed by atoms with Crippen LogP contribution < -0.4 is 5.32 Å². The van der Waals surface area contributed by atoms with Crippen molar-refractivity contribution in [3.63, 3.8) is 0 Å². The van der Waals surface area contributed by atoms with Crippen LogP contribution in [0.3, 0.4) is 0 Å². The molecule has 0 spiro atoms. The lowest BCUT2D eigenvalue weighted by atomic mass is 10.2. The normalized spacial score (nSPS) is 10.6. The van der Waals surface area contributed by atoms with Gasteiger partial charge in [-0.15, -0.1) is 0 Å². The molecule has 0 radical (unpaired) electrons. The van der Waals surface area contributed by atoms with Crippen molar-refractivity contribution in [1.29, 1.82) is 0 Å². The van der Waals surface area contributed by atoms with Crippen molar-refractivity contribution in [2.45, 2.75) is 0 Å². The van der Waals surface area contributed by atoms with Gasteiger partial charge in [-0.2, -0.15) is 0 Å². The molecule has 0 fully saturated rings. The average molecular weight is 288 g/mol. The Hall–Kier alpha value is -1.54. The molecule has 2 rings (SSSR count). The molecule has 0 atom stereocenters. The highest BCUT2D eigenvalue weighted by molar-refractivity contribution is 9.10. The van der Waals surface area contributed by atoms with E-state index in [1.54, 1.807) is 0 Å². The third kappa shape index (κ3) is 4.08. The summed E-state index contributed by atoms with van der Waals surface area (Å²) in [5.41, 5.74) is 2.35. The molecule has 0 aromatic heterocycles. The minimum Gasteiger partial charge on any atom is -0.382 e. The van der Waals surface area contributed by atoms with Crippen LogP contribution in [0.4, 0.5) is 5.69 Å². The van der Waals surface area contributed by atoms with E-state index >= 15 is 0 Å². The second-order valence-electron chi connectivity index (χ2n) is 3.70. The van der Waals surface area contributed by atoms with E-state index in [0.717, 1.165) is 16.7 Å². The van der Waals surface area contributed by atoms with E-state index in [-0.39, 0.29) is 0 Å². The van der Waals surface area contributed by atoms with E-state index in [0.29, 0.717) is 0 Å². The van der Waals surface area contributed by atoms with Gasteiger partial charge in [-0.05, 0) is 23.8 Å². The van der Waals surface area contributed by atoms with E-state index in [1.165, 1.54) is 5.56 Å². The molecule has 0 unspecified atom stereocenters.